The Bertz CT molecular complexity index is 960. The summed E-state index contributed by atoms with van der Waals surface area (Å²) in [6.45, 7) is 8.86. The van der Waals surface area contributed by atoms with Crippen molar-refractivity contribution in [2.45, 2.75) is 31.2 Å². The van der Waals surface area contributed by atoms with E-state index in [0.29, 0.717) is 10.2 Å². The Morgan fingerprint density at radius 2 is 1.87 bits per heavy atom. The van der Waals surface area contributed by atoms with Crippen molar-refractivity contribution in [3.63, 3.8) is 0 Å². The number of sulfonamides is 1. The SMILES string of the molecule is COc1ccc(S(=O)(=O)NC(C)CCN2CCN(c3cccc(C)c3)CC2)cc1Br. The van der Waals surface area contributed by atoms with Gasteiger partial charge in [-0.05, 0) is 78.6 Å². The maximum atomic E-state index is 12.7. The van der Waals surface area contributed by atoms with Gasteiger partial charge in [0, 0.05) is 37.9 Å². The number of piperazine rings is 1. The molecular weight excluding hydrogens is 466 g/mol. The Balaban J connectivity index is 1.48. The van der Waals surface area contributed by atoms with Gasteiger partial charge in [-0.2, -0.15) is 0 Å². The van der Waals surface area contributed by atoms with Crippen molar-refractivity contribution in [3.05, 3.63) is 52.5 Å². The summed E-state index contributed by atoms with van der Waals surface area (Å²) in [6, 6.07) is 13.2. The normalized spacial score (nSPS) is 16.5. The number of halogens is 1. The van der Waals surface area contributed by atoms with Crippen LogP contribution in [0.1, 0.15) is 18.9 Å². The van der Waals surface area contributed by atoms with Crippen LogP contribution in [0.4, 0.5) is 5.69 Å². The Hall–Kier alpha value is -1.61. The molecule has 1 unspecified atom stereocenters. The molecule has 1 aliphatic heterocycles. The van der Waals surface area contributed by atoms with Crippen molar-refractivity contribution in [1.82, 2.24) is 9.62 Å². The van der Waals surface area contributed by atoms with Gasteiger partial charge in [-0.3, -0.25) is 4.90 Å². The van der Waals surface area contributed by atoms with Crippen LogP contribution in [0.15, 0.2) is 51.8 Å². The molecule has 6 nitrogen and oxygen atoms in total. The number of nitrogens with zero attached hydrogens (tertiary/aromatic N) is 2. The van der Waals surface area contributed by atoms with Crippen LogP contribution < -0.4 is 14.4 Å². The summed E-state index contributed by atoms with van der Waals surface area (Å²) >= 11 is 3.35. The lowest BCUT2D eigenvalue weighted by Gasteiger charge is -2.36. The monoisotopic (exact) mass is 495 g/mol. The third-order valence-electron chi connectivity index (χ3n) is 5.41. The van der Waals surface area contributed by atoms with E-state index in [2.05, 4.69) is 61.6 Å². The summed E-state index contributed by atoms with van der Waals surface area (Å²) in [5.74, 6) is 0.604. The minimum atomic E-state index is -3.57. The van der Waals surface area contributed by atoms with Crippen molar-refractivity contribution >= 4 is 31.6 Å². The lowest BCUT2D eigenvalue weighted by Crippen LogP contribution is -2.47. The van der Waals surface area contributed by atoms with E-state index in [4.69, 9.17) is 4.74 Å². The van der Waals surface area contributed by atoms with E-state index >= 15 is 0 Å². The molecule has 0 bridgehead atoms. The van der Waals surface area contributed by atoms with Gasteiger partial charge in [0.1, 0.15) is 5.75 Å². The quantitative estimate of drug-likeness (QED) is 0.605. The molecule has 0 radical (unpaired) electrons. The van der Waals surface area contributed by atoms with Gasteiger partial charge in [-0.1, -0.05) is 12.1 Å². The fourth-order valence-corrected chi connectivity index (χ4v) is 5.63. The van der Waals surface area contributed by atoms with Crippen LogP contribution in [-0.4, -0.2) is 59.2 Å². The molecule has 1 saturated heterocycles. The molecule has 164 valence electrons. The maximum absolute atomic E-state index is 12.7. The number of benzene rings is 2. The second-order valence-electron chi connectivity index (χ2n) is 7.78. The number of methoxy groups -OCH3 is 1. The van der Waals surface area contributed by atoms with Crippen LogP contribution in [0.25, 0.3) is 0 Å². The molecule has 0 amide bonds. The zero-order valence-electron chi connectivity index (χ0n) is 17.8. The number of nitrogens with one attached hydrogen (secondary N) is 1. The van der Waals surface area contributed by atoms with Gasteiger partial charge < -0.3 is 9.64 Å². The molecule has 1 heterocycles. The summed E-state index contributed by atoms with van der Waals surface area (Å²) in [5, 5.41) is 0. The van der Waals surface area contributed by atoms with Gasteiger partial charge in [0.2, 0.25) is 10.0 Å². The number of aryl methyl sites for hydroxylation is 1. The second-order valence-corrected chi connectivity index (χ2v) is 10.3. The van der Waals surface area contributed by atoms with Crippen LogP contribution in [0.5, 0.6) is 5.75 Å². The van der Waals surface area contributed by atoms with Gasteiger partial charge in [0.15, 0.2) is 0 Å². The number of anilines is 1. The average Bonchev–Trinajstić information content (AvgIpc) is 2.72. The average molecular weight is 496 g/mol. The molecule has 0 aromatic heterocycles. The Labute approximate surface area is 188 Å². The van der Waals surface area contributed by atoms with Gasteiger partial charge in [0.05, 0.1) is 16.5 Å². The van der Waals surface area contributed by atoms with Gasteiger partial charge in [-0.15, -0.1) is 0 Å². The lowest BCUT2D eigenvalue weighted by molar-refractivity contribution is 0.248. The molecular formula is C22H30BrN3O3S. The Morgan fingerprint density at radius 3 is 2.50 bits per heavy atom. The molecule has 30 heavy (non-hydrogen) atoms. The molecule has 1 N–H and O–H groups in total. The Kier molecular flexibility index (Phi) is 7.79. The largest absolute Gasteiger partial charge is 0.496 e. The fraction of sp³-hybridized carbons (Fsp3) is 0.455. The van der Waals surface area contributed by atoms with Crippen LogP contribution in [-0.2, 0) is 10.0 Å². The summed E-state index contributed by atoms with van der Waals surface area (Å²) in [6.07, 6.45) is 0.765. The van der Waals surface area contributed by atoms with Crippen LogP contribution in [0, 0.1) is 6.92 Å². The first-order valence-corrected chi connectivity index (χ1v) is 12.5. The zero-order valence-corrected chi connectivity index (χ0v) is 20.2. The van der Waals surface area contributed by atoms with Gasteiger partial charge in [-0.25, -0.2) is 13.1 Å². The predicted molar refractivity (Wildman–Crippen MR) is 125 cm³/mol. The van der Waals surface area contributed by atoms with Crippen molar-refractivity contribution in [3.8, 4) is 5.75 Å². The summed E-state index contributed by atoms with van der Waals surface area (Å²) in [7, 11) is -2.02. The van der Waals surface area contributed by atoms with Gasteiger partial charge in [0.25, 0.3) is 0 Å². The molecule has 0 spiro atoms. The van der Waals surface area contributed by atoms with Crippen molar-refractivity contribution < 1.29 is 13.2 Å². The second kappa shape index (κ2) is 10.1. The van der Waals surface area contributed by atoms with E-state index in [1.54, 1.807) is 25.3 Å². The molecule has 1 atom stereocenters. The Morgan fingerprint density at radius 1 is 1.13 bits per heavy atom. The van der Waals surface area contributed by atoms with E-state index < -0.39 is 10.0 Å². The van der Waals surface area contributed by atoms with E-state index in [9.17, 15) is 8.42 Å². The number of hydrogen-bond acceptors (Lipinski definition) is 5. The molecule has 0 aliphatic carbocycles. The van der Waals surface area contributed by atoms with Crippen LogP contribution in [0.2, 0.25) is 0 Å². The fourth-order valence-electron chi connectivity index (χ4n) is 3.64. The number of ether oxygens (including phenoxy) is 1. The minimum absolute atomic E-state index is 0.148. The molecule has 1 aliphatic rings. The maximum Gasteiger partial charge on any atom is 0.240 e. The van der Waals surface area contributed by atoms with E-state index in [1.165, 1.54) is 11.3 Å². The van der Waals surface area contributed by atoms with Crippen LogP contribution >= 0.6 is 15.9 Å². The highest BCUT2D eigenvalue weighted by Crippen LogP contribution is 2.27. The molecule has 2 aromatic rings. The van der Waals surface area contributed by atoms with Crippen molar-refractivity contribution in [2.75, 3.05) is 44.7 Å². The highest BCUT2D eigenvalue weighted by atomic mass is 79.9. The molecule has 3 rings (SSSR count). The smallest absolute Gasteiger partial charge is 0.240 e. The highest BCUT2D eigenvalue weighted by molar-refractivity contribution is 9.10. The van der Waals surface area contributed by atoms with E-state index in [-0.39, 0.29) is 10.9 Å². The molecule has 8 heteroatoms. The summed E-state index contributed by atoms with van der Waals surface area (Å²) in [4.78, 5) is 5.05. The number of hydrogen-bond donors (Lipinski definition) is 1. The first-order chi connectivity index (χ1) is 14.3. The lowest BCUT2D eigenvalue weighted by atomic mass is 10.2. The first-order valence-electron chi connectivity index (χ1n) is 10.2. The predicted octanol–water partition coefficient (Wildman–Crippen LogP) is 3.65. The number of rotatable bonds is 8. The third-order valence-corrected chi connectivity index (χ3v) is 7.61. The molecule has 0 saturated carbocycles. The standard InChI is InChI=1S/C22H30BrN3O3S/c1-17-5-4-6-19(15-17)26-13-11-25(12-14-26)10-9-18(2)24-30(27,28)20-7-8-22(29-3)21(23)16-20/h4-8,15-16,18,24H,9-14H2,1-3H3. The van der Waals surface area contributed by atoms with Crippen LogP contribution in [0.3, 0.4) is 0 Å². The molecule has 2 aromatic carbocycles. The topological polar surface area (TPSA) is 61.9 Å². The van der Waals surface area contributed by atoms with E-state index in [1.807, 2.05) is 6.92 Å². The van der Waals surface area contributed by atoms with Crippen molar-refractivity contribution in [2.24, 2.45) is 0 Å². The minimum Gasteiger partial charge on any atom is -0.496 e. The molecule has 1 fully saturated rings. The zero-order chi connectivity index (χ0) is 21.7. The van der Waals surface area contributed by atoms with E-state index in [0.717, 1.165) is 39.1 Å². The highest BCUT2D eigenvalue weighted by Gasteiger charge is 2.21. The summed E-state index contributed by atoms with van der Waals surface area (Å²) in [5.41, 5.74) is 2.56. The first kappa shape index (κ1) is 23.1. The van der Waals surface area contributed by atoms with Gasteiger partial charge >= 0.3 is 0 Å². The third kappa shape index (κ3) is 5.97. The van der Waals surface area contributed by atoms with Crippen molar-refractivity contribution in [1.29, 1.82) is 0 Å². The summed E-state index contributed by atoms with van der Waals surface area (Å²) < 4.78 is 33.9.